The van der Waals surface area contributed by atoms with E-state index in [1.165, 1.54) is 29.6 Å². The molecule has 0 bridgehead atoms. The van der Waals surface area contributed by atoms with Crippen LogP contribution in [0.15, 0.2) is 22.6 Å². The van der Waals surface area contributed by atoms with E-state index in [-0.39, 0.29) is 23.6 Å². The topological polar surface area (TPSA) is 135 Å². The average molecular weight is 454 g/mol. The van der Waals surface area contributed by atoms with Gasteiger partial charge in [-0.05, 0) is 45.9 Å². The molecule has 11 heteroatoms. The Morgan fingerprint density at radius 2 is 2.00 bits per heavy atom. The summed E-state index contributed by atoms with van der Waals surface area (Å²) in [4.78, 5) is 16.6. The van der Waals surface area contributed by atoms with Crippen LogP contribution in [0.4, 0.5) is 10.1 Å². The fourth-order valence-electron chi connectivity index (χ4n) is 3.64. The molecule has 0 saturated carbocycles. The monoisotopic (exact) mass is 453 g/mol. The van der Waals surface area contributed by atoms with Gasteiger partial charge in [-0.1, -0.05) is 0 Å². The second kappa shape index (κ2) is 7.59. The summed E-state index contributed by atoms with van der Waals surface area (Å²) < 4.78 is 41.7. The van der Waals surface area contributed by atoms with Gasteiger partial charge in [-0.3, -0.25) is 19.3 Å². The molecule has 1 atom stereocenters. The van der Waals surface area contributed by atoms with Crippen LogP contribution >= 0.6 is 10.8 Å². The van der Waals surface area contributed by atoms with Crippen LogP contribution in [-0.2, 0) is 5.54 Å². The average Bonchev–Trinajstić information content (AvgIpc) is 2.98. The maximum Gasteiger partial charge on any atom is 0.277 e. The molecule has 1 aliphatic rings. The van der Waals surface area contributed by atoms with Gasteiger partial charge in [-0.25, -0.2) is 13.7 Å². The molecule has 3 rings (SSSR count). The highest BCUT2D eigenvalue weighted by Crippen LogP contribution is 2.57. The van der Waals surface area contributed by atoms with E-state index in [1.54, 1.807) is 34.6 Å². The second-order valence-corrected chi connectivity index (χ2v) is 11.1. The van der Waals surface area contributed by atoms with Crippen molar-refractivity contribution in [2.75, 3.05) is 18.9 Å². The zero-order valence-corrected chi connectivity index (χ0v) is 19.1. The summed E-state index contributed by atoms with van der Waals surface area (Å²) >= 11 is 0. The van der Waals surface area contributed by atoms with Crippen molar-refractivity contribution in [2.24, 2.45) is 0 Å². The predicted molar refractivity (Wildman–Crippen MR) is 118 cm³/mol. The lowest BCUT2D eigenvalue weighted by molar-refractivity contribution is 0.102. The Labute approximate surface area is 182 Å². The van der Waals surface area contributed by atoms with E-state index >= 15 is 0 Å². The third kappa shape index (κ3) is 3.93. The zero-order valence-electron chi connectivity index (χ0n) is 18.3. The molecule has 2 aromatic rings. The number of nitrogens with zero attached hydrogens (tertiary/aromatic N) is 2. The lowest BCUT2D eigenvalue weighted by Gasteiger charge is -2.49. The van der Waals surface area contributed by atoms with Crippen LogP contribution in [0.1, 0.15) is 48.5 Å². The van der Waals surface area contributed by atoms with E-state index in [2.05, 4.69) is 15.6 Å². The molecule has 1 saturated heterocycles. The number of amides is 1. The van der Waals surface area contributed by atoms with E-state index in [0.717, 1.165) is 0 Å². The van der Waals surface area contributed by atoms with Gasteiger partial charge in [-0.2, -0.15) is 0 Å². The molecule has 0 aliphatic carbocycles. The molecular weight excluding hydrogens is 425 g/mol. The molecule has 1 amide bonds. The molecule has 31 heavy (non-hydrogen) atoms. The Morgan fingerprint density at radius 3 is 2.58 bits per heavy atom. The number of anilines is 1. The summed E-state index contributed by atoms with van der Waals surface area (Å²) in [6, 6.07) is 4.11. The maximum absolute atomic E-state index is 14.9. The highest BCUT2D eigenvalue weighted by molar-refractivity contribution is 8.24. The predicted octanol–water partition coefficient (Wildman–Crippen LogP) is 3.85. The first-order valence-corrected chi connectivity index (χ1v) is 11.1. The SMILES string of the molecule is Cc1nc(C(=O)Nc2ccc(F)c([C@]3(C)CN(C)S(O)(O)C(C)(C)C(=N)N3)c2)c(C)o1. The van der Waals surface area contributed by atoms with Crippen LogP contribution in [-0.4, -0.2) is 48.5 Å². The number of rotatable bonds is 3. The molecule has 2 heterocycles. The number of carbonyl (C=O) groups excluding carboxylic acids is 1. The number of oxazole rings is 1. The number of hydrogen-bond donors (Lipinski definition) is 5. The summed E-state index contributed by atoms with van der Waals surface area (Å²) in [6.07, 6.45) is 0. The molecule has 0 spiro atoms. The molecule has 9 nitrogen and oxygen atoms in total. The number of hydrogen-bond acceptors (Lipinski definition) is 7. The van der Waals surface area contributed by atoms with Gasteiger partial charge in [0.2, 0.25) is 0 Å². The Bertz CT molecular complexity index is 1050. The van der Waals surface area contributed by atoms with Crippen molar-refractivity contribution in [2.45, 2.75) is 44.9 Å². The zero-order chi connectivity index (χ0) is 23.4. The Morgan fingerprint density at radius 1 is 1.35 bits per heavy atom. The van der Waals surface area contributed by atoms with E-state index in [9.17, 15) is 18.3 Å². The summed E-state index contributed by atoms with van der Waals surface area (Å²) in [5, 5.41) is 14.1. The maximum atomic E-state index is 14.9. The number of likely N-dealkylation sites (N-methyl/N-ethyl adjacent to an activating group) is 1. The van der Waals surface area contributed by atoms with Crippen LogP contribution in [0.25, 0.3) is 0 Å². The quantitative estimate of drug-likeness (QED) is 0.476. The van der Waals surface area contributed by atoms with Crippen molar-refractivity contribution < 1.29 is 22.7 Å². The lowest BCUT2D eigenvalue weighted by Crippen LogP contribution is -2.51. The summed E-state index contributed by atoms with van der Waals surface area (Å²) in [6.45, 7) is 8.05. The van der Waals surface area contributed by atoms with Crippen LogP contribution < -0.4 is 10.6 Å². The Kier molecular flexibility index (Phi) is 5.68. The third-order valence-electron chi connectivity index (χ3n) is 5.60. The molecule has 1 fully saturated rings. The van der Waals surface area contributed by atoms with Gasteiger partial charge < -0.3 is 15.1 Å². The highest BCUT2D eigenvalue weighted by Gasteiger charge is 2.49. The second-order valence-electron chi connectivity index (χ2n) is 8.43. The van der Waals surface area contributed by atoms with Crippen LogP contribution in [0, 0.1) is 25.1 Å². The fourth-order valence-corrected chi connectivity index (χ4v) is 5.18. The minimum atomic E-state index is -3.35. The third-order valence-corrected chi connectivity index (χ3v) is 8.17. The van der Waals surface area contributed by atoms with Crippen LogP contribution in [0.5, 0.6) is 0 Å². The largest absolute Gasteiger partial charge is 0.445 e. The summed E-state index contributed by atoms with van der Waals surface area (Å²) in [5.74, 6) is -0.440. The van der Waals surface area contributed by atoms with Gasteiger partial charge in [0.1, 0.15) is 22.2 Å². The van der Waals surface area contributed by atoms with Crippen molar-refractivity contribution in [3.8, 4) is 0 Å². The van der Waals surface area contributed by atoms with E-state index in [0.29, 0.717) is 17.3 Å². The number of benzene rings is 1. The standard InChI is InChI=1S/C20H28FN5O4S/c1-11-16(23-12(2)30-11)17(27)24-13-7-8-15(21)14(9-13)20(5)10-26(6)31(28,29)19(3,4)18(22)25-20/h7-9,28-29H,10H2,1-6H3,(H2,22,25)(H,24,27)/t20-/m0/s1. The molecule has 5 N–H and O–H groups in total. The van der Waals surface area contributed by atoms with Gasteiger partial charge in [0.15, 0.2) is 11.6 Å². The van der Waals surface area contributed by atoms with E-state index in [4.69, 9.17) is 9.83 Å². The lowest BCUT2D eigenvalue weighted by atomic mass is 9.90. The van der Waals surface area contributed by atoms with Crippen molar-refractivity contribution >= 4 is 28.2 Å². The smallest absolute Gasteiger partial charge is 0.277 e. The highest BCUT2D eigenvalue weighted by atomic mass is 32.3. The van der Waals surface area contributed by atoms with Gasteiger partial charge in [0.05, 0.1) is 5.54 Å². The number of halogens is 1. The van der Waals surface area contributed by atoms with Crippen molar-refractivity contribution in [3.05, 3.63) is 46.9 Å². The molecule has 1 aromatic heterocycles. The van der Waals surface area contributed by atoms with Gasteiger partial charge in [-0.15, -0.1) is 10.8 Å². The van der Waals surface area contributed by atoms with Crippen molar-refractivity contribution in [3.63, 3.8) is 0 Å². The first-order valence-electron chi connectivity index (χ1n) is 9.61. The van der Waals surface area contributed by atoms with Gasteiger partial charge in [0.25, 0.3) is 5.91 Å². The first-order chi connectivity index (χ1) is 14.2. The fraction of sp³-hybridized carbons (Fsp3) is 0.450. The van der Waals surface area contributed by atoms with Gasteiger partial charge in [0, 0.05) is 31.8 Å². The minimum Gasteiger partial charge on any atom is -0.445 e. The number of carbonyl (C=O) groups is 1. The first kappa shape index (κ1) is 23.2. The van der Waals surface area contributed by atoms with E-state index in [1.807, 2.05) is 0 Å². The number of aromatic nitrogens is 1. The summed E-state index contributed by atoms with van der Waals surface area (Å²) in [7, 11) is -1.83. The Hall–Kier alpha value is -2.47. The van der Waals surface area contributed by atoms with Crippen molar-refractivity contribution in [1.82, 2.24) is 14.6 Å². The van der Waals surface area contributed by atoms with Crippen LogP contribution in [0.3, 0.4) is 0 Å². The molecule has 1 aromatic carbocycles. The van der Waals surface area contributed by atoms with E-state index < -0.39 is 32.8 Å². The minimum absolute atomic E-state index is 0.0110. The van der Waals surface area contributed by atoms with Gasteiger partial charge >= 0.3 is 0 Å². The number of aryl methyl sites for hydroxylation is 2. The molecule has 1 aliphatic heterocycles. The summed E-state index contributed by atoms with van der Waals surface area (Å²) in [5.41, 5.74) is -0.537. The number of amidine groups is 1. The molecular formula is C20H28FN5O4S. The normalized spacial score (nSPS) is 24.2. The molecule has 0 unspecified atom stereocenters. The molecule has 170 valence electrons. The Balaban J connectivity index is 1.98. The van der Waals surface area contributed by atoms with Crippen molar-refractivity contribution in [1.29, 1.82) is 5.41 Å². The molecule has 0 radical (unpaired) electrons. The number of nitrogens with one attached hydrogen (secondary N) is 3. The van der Waals surface area contributed by atoms with Crippen LogP contribution in [0.2, 0.25) is 0 Å².